The average Bonchev–Trinajstić information content (AvgIpc) is 1.78. The summed E-state index contributed by atoms with van der Waals surface area (Å²) in [6.07, 6.45) is -1.21. The van der Waals surface area contributed by atoms with Crippen LogP contribution in [0.3, 0.4) is 0 Å². The first kappa shape index (κ1) is 10.5. The summed E-state index contributed by atoms with van der Waals surface area (Å²) in [6, 6.07) is 0. The van der Waals surface area contributed by atoms with Crippen LogP contribution >= 0.6 is 10.7 Å². The molecule has 0 aliphatic carbocycles. The Hall–Kier alpha value is -0.530. The average molecular weight is 203 g/mol. The molecule has 8 heteroatoms. The molecule has 0 aromatic carbocycles. The van der Waals surface area contributed by atoms with E-state index in [1.165, 1.54) is 0 Å². The third-order valence-electron chi connectivity index (χ3n) is 0.676. The number of hydrogen-bond acceptors (Lipinski definition) is 3. The highest BCUT2D eigenvalue weighted by molar-refractivity contribution is 8.12. The fraction of sp³-hybridized carbons (Fsp3) is 0.667. The van der Waals surface area contributed by atoms with Crippen LogP contribution in [0.4, 0.5) is 4.79 Å². The molecule has 0 rings (SSSR count). The van der Waals surface area contributed by atoms with E-state index in [0.717, 1.165) is 0 Å². The Morgan fingerprint density at radius 1 is 1.45 bits per heavy atom. The smallest absolute Gasteiger partial charge is 0.404 e. The van der Waals surface area contributed by atoms with Gasteiger partial charge in [-0.05, 0) is 0 Å². The highest BCUT2D eigenvalue weighted by atomic mass is 35.7. The lowest BCUT2D eigenvalue weighted by Crippen LogP contribution is -2.31. The minimum atomic E-state index is -3.73. The van der Waals surface area contributed by atoms with Crippen LogP contribution in [-0.2, 0) is 9.24 Å². The van der Waals surface area contributed by atoms with Gasteiger partial charge in [0.05, 0.1) is 0 Å². The van der Waals surface area contributed by atoms with Crippen molar-refractivity contribution in [1.82, 2.24) is 10.0 Å². The zero-order valence-corrected chi connectivity index (χ0v) is 6.94. The summed E-state index contributed by atoms with van der Waals surface area (Å²) >= 11 is 0. The van der Waals surface area contributed by atoms with Crippen LogP contribution in [0.2, 0.25) is 0 Å². The van der Waals surface area contributed by atoms with Gasteiger partial charge >= 0.3 is 6.09 Å². The molecule has 0 atom stereocenters. The molecule has 0 saturated carbocycles. The van der Waals surface area contributed by atoms with E-state index in [9.17, 15) is 13.2 Å². The quantitative estimate of drug-likeness (QED) is 0.416. The first-order valence-electron chi connectivity index (χ1n) is 2.58. The van der Waals surface area contributed by atoms with Crippen molar-refractivity contribution >= 4 is 26.0 Å². The third kappa shape index (κ3) is 9.47. The molecule has 0 aromatic heterocycles. The molecule has 0 heterocycles. The van der Waals surface area contributed by atoms with Crippen LogP contribution < -0.4 is 10.0 Å². The van der Waals surface area contributed by atoms with Crippen molar-refractivity contribution in [2.75, 3.05) is 13.1 Å². The molecule has 0 aromatic rings. The van der Waals surface area contributed by atoms with Gasteiger partial charge in [-0.2, -0.15) is 8.42 Å². The summed E-state index contributed by atoms with van der Waals surface area (Å²) in [6.45, 7) is -0.0700. The first-order chi connectivity index (χ1) is 4.92. The summed E-state index contributed by atoms with van der Waals surface area (Å²) in [5, 5.41) is 9.97. The van der Waals surface area contributed by atoms with Gasteiger partial charge in [-0.15, -0.1) is 0 Å². The van der Waals surface area contributed by atoms with Gasteiger partial charge in [0.15, 0.2) is 0 Å². The molecule has 0 saturated heterocycles. The summed E-state index contributed by atoms with van der Waals surface area (Å²) in [5.74, 6) is 0. The second-order valence-electron chi connectivity index (χ2n) is 1.56. The molecule has 0 aliphatic heterocycles. The van der Waals surface area contributed by atoms with E-state index in [2.05, 4.69) is 0 Å². The molecule has 1 amide bonds. The Morgan fingerprint density at radius 2 is 2.00 bits per heavy atom. The van der Waals surface area contributed by atoms with Gasteiger partial charge in [-0.25, -0.2) is 9.52 Å². The minimum Gasteiger partial charge on any atom is -0.465 e. The molecule has 0 bridgehead atoms. The standard InChI is InChI=1S/C3H7ClN2O4S/c4-11(9,10)6-2-1-5-3(7)8/h5-6H,1-2H2,(H,7,8). The second kappa shape index (κ2) is 4.37. The van der Waals surface area contributed by atoms with Crippen molar-refractivity contribution in [3.8, 4) is 0 Å². The van der Waals surface area contributed by atoms with Crippen LogP contribution in [0.25, 0.3) is 0 Å². The normalized spacial score (nSPS) is 11.0. The van der Waals surface area contributed by atoms with Gasteiger partial charge < -0.3 is 10.4 Å². The van der Waals surface area contributed by atoms with E-state index in [-0.39, 0.29) is 13.1 Å². The number of rotatable bonds is 4. The van der Waals surface area contributed by atoms with Gasteiger partial charge in [0.2, 0.25) is 0 Å². The monoisotopic (exact) mass is 202 g/mol. The van der Waals surface area contributed by atoms with Crippen LogP contribution in [0.5, 0.6) is 0 Å². The largest absolute Gasteiger partial charge is 0.465 e. The lowest BCUT2D eigenvalue weighted by Gasteiger charge is -1.99. The van der Waals surface area contributed by atoms with E-state index in [0.29, 0.717) is 0 Å². The maximum Gasteiger partial charge on any atom is 0.404 e. The van der Waals surface area contributed by atoms with Gasteiger partial charge in [0, 0.05) is 23.8 Å². The fourth-order valence-corrected chi connectivity index (χ4v) is 0.920. The molecule has 0 aliphatic rings. The first-order valence-corrected chi connectivity index (χ1v) is 4.89. The summed E-state index contributed by atoms with van der Waals surface area (Å²) in [4.78, 5) is 9.80. The number of carbonyl (C=O) groups is 1. The number of amides is 1. The van der Waals surface area contributed by atoms with E-state index < -0.39 is 15.3 Å². The summed E-state index contributed by atoms with van der Waals surface area (Å²) < 4.78 is 22.2. The van der Waals surface area contributed by atoms with E-state index >= 15 is 0 Å². The van der Waals surface area contributed by atoms with Gasteiger partial charge in [-0.1, -0.05) is 0 Å². The van der Waals surface area contributed by atoms with Crippen molar-refractivity contribution < 1.29 is 18.3 Å². The van der Waals surface area contributed by atoms with Crippen molar-refractivity contribution in [2.45, 2.75) is 0 Å². The van der Waals surface area contributed by atoms with E-state index in [1.54, 1.807) is 0 Å². The molecule has 0 radical (unpaired) electrons. The lowest BCUT2D eigenvalue weighted by molar-refractivity contribution is 0.194. The van der Waals surface area contributed by atoms with Crippen molar-refractivity contribution in [2.24, 2.45) is 0 Å². The van der Waals surface area contributed by atoms with Gasteiger partial charge in [-0.3, -0.25) is 0 Å². The molecular weight excluding hydrogens is 196 g/mol. The van der Waals surface area contributed by atoms with Crippen LogP contribution in [0.1, 0.15) is 0 Å². The zero-order chi connectivity index (χ0) is 8.91. The van der Waals surface area contributed by atoms with Gasteiger partial charge in [0.1, 0.15) is 0 Å². The second-order valence-corrected chi connectivity index (χ2v) is 3.95. The van der Waals surface area contributed by atoms with Crippen molar-refractivity contribution in [3.63, 3.8) is 0 Å². The molecule has 6 nitrogen and oxygen atoms in total. The van der Waals surface area contributed by atoms with E-state index in [1.807, 2.05) is 10.0 Å². The van der Waals surface area contributed by atoms with Crippen LogP contribution in [0.15, 0.2) is 0 Å². The SMILES string of the molecule is O=C(O)NCCNS(=O)(=O)Cl. The van der Waals surface area contributed by atoms with E-state index in [4.69, 9.17) is 15.8 Å². The molecule has 66 valence electrons. The lowest BCUT2D eigenvalue weighted by atomic mass is 10.7. The zero-order valence-electron chi connectivity index (χ0n) is 5.37. The van der Waals surface area contributed by atoms with Gasteiger partial charge in [0.25, 0.3) is 9.24 Å². The Balaban J connectivity index is 3.37. The Morgan fingerprint density at radius 3 is 2.36 bits per heavy atom. The Bertz CT molecular complexity index is 225. The predicted molar refractivity (Wildman–Crippen MR) is 38.8 cm³/mol. The van der Waals surface area contributed by atoms with Crippen LogP contribution in [-0.4, -0.2) is 32.7 Å². The minimum absolute atomic E-state index is 0.0126. The fourth-order valence-electron chi connectivity index (χ4n) is 0.342. The Kier molecular flexibility index (Phi) is 4.16. The molecule has 0 spiro atoms. The molecule has 11 heavy (non-hydrogen) atoms. The molecule has 0 fully saturated rings. The third-order valence-corrected chi connectivity index (χ3v) is 1.55. The maximum absolute atomic E-state index is 10.2. The maximum atomic E-state index is 10.2. The number of carboxylic acid groups (broad SMARTS) is 1. The topological polar surface area (TPSA) is 95.5 Å². The number of halogens is 1. The van der Waals surface area contributed by atoms with Crippen molar-refractivity contribution in [3.05, 3.63) is 0 Å². The summed E-state index contributed by atoms with van der Waals surface area (Å²) in [5.41, 5.74) is 0. The highest BCUT2D eigenvalue weighted by Gasteiger charge is 2.01. The molecular formula is C3H7ClN2O4S. The van der Waals surface area contributed by atoms with Crippen LogP contribution in [0, 0.1) is 0 Å². The number of nitrogens with one attached hydrogen (secondary N) is 2. The number of hydrogen-bond donors (Lipinski definition) is 3. The molecule has 3 N–H and O–H groups in total. The molecule has 0 unspecified atom stereocenters. The summed E-state index contributed by atoms with van der Waals surface area (Å²) in [7, 11) is 1.00. The highest BCUT2D eigenvalue weighted by Crippen LogP contribution is 1.86. The van der Waals surface area contributed by atoms with Crippen molar-refractivity contribution in [1.29, 1.82) is 0 Å². The predicted octanol–water partition coefficient (Wildman–Crippen LogP) is -0.673. The Labute approximate surface area is 68.1 Å².